The van der Waals surface area contributed by atoms with E-state index in [-0.39, 0.29) is 6.04 Å². The van der Waals surface area contributed by atoms with E-state index < -0.39 is 0 Å². The maximum absolute atomic E-state index is 4.37. The van der Waals surface area contributed by atoms with E-state index in [2.05, 4.69) is 33.5 Å². The van der Waals surface area contributed by atoms with Gasteiger partial charge in [0.2, 0.25) is 0 Å². The van der Waals surface area contributed by atoms with E-state index in [1.165, 1.54) is 0 Å². The van der Waals surface area contributed by atoms with Crippen molar-refractivity contribution in [1.29, 1.82) is 0 Å². The molecule has 0 fully saturated rings. The van der Waals surface area contributed by atoms with Crippen LogP contribution in [0.3, 0.4) is 0 Å². The van der Waals surface area contributed by atoms with Crippen molar-refractivity contribution in [3.05, 3.63) is 41.5 Å². The SMILES string of the molecule is CNC(C)c1nnc(-c2ccnc3ccccc23)s1. The molecular weight excluding hydrogens is 256 g/mol. The molecule has 1 unspecified atom stereocenters. The molecule has 2 heterocycles. The molecule has 1 atom stereocenters. The number of hydrogen-bond donors (Lipinski definition) is 1. The maximum Gasteiger partial charge on any atom is 0.148 e. The Morgan fingerprint density at radius 2 is 2.00 bits per heavy atom. The lowest BCUT2D eigenvalue weighted by molar-refractivity contribution is 0.640. The molecule has 0 radical (unpaired) electrons. The van der Waals surface area contributed by atoms with E-state index in [4.69, 9.17) is 0 Å². The van der Waals surface area contributed by atoms with Crippen LogP contribution in [0.15, 0.2) is 36.5 Å². The number of rotatable bonds is 3. The average Bonchev–Trinajstić information content (AvgIpc) is 2.95. The first kappa shape index (κ1) is 12.2. The molecule has 0 spiro atoms. The second-order valence-electron chi connectivity index (χ2n) is 4.33. The molecular formula is C14H14N4S. The minimum Gasteiger partial charge on any atom is -0.311 e. The standard InChI is InChI=1S/C14H14N4S/c1-9(15-2)13-17-18-14(19-13)11-7-8-16-12-6-4-3-5-10(11)12/h3-9,15H,1-2H3. The first-order valence-electron chi connectivity index (χ1n) is 6.14. The monoisotopic (exact) mass is 270 g/mol. The lowest BCUT2D eigenvalue weighted by atomic mass is 10.1. The minimum atomic E-state index is 0.222. The summed E-state index contributed by atoms with van der Waals surface area (Å²) in [6, 6.07) is 10.3. The average molecular weight is 270 g/mol. The first-order chi connectivity index (χ1) is 9.29. The summed E-state index contributed by atoms with van der Waals surface area (Å²) in [5.41, 5.74) is 2.08. The smallest absolute Gasteiger partial charge is 0.148 e. The molecule has 0 aliphatic carbocycles. The van der Waals surface area contributed by atoms with E-state index in [1.54, 1.807) is 11.3 Å². The second kappa shape index (κ2) is 5.03. The Balaban J connectivity index is 2.12. The van der Waals surface area contributed by atoms with Crippen molar-refractivity contribution in [2.45, 2.75) is 13.0 Å². The summed E-state index contributed by atoms with van der Waals surface area (Å²) in [5.74, 6) is 0. The fourth-order valence-electron chi connectivity index (χ4n) is 1.92. The largest absolute Gasteiger partial charge is 0.311 e. The van der Waals surface area contributed by atoms with Crippen LogP contribution in [0, 0.1) is 0 Å². The van der Waals surface area contributed by atoms with Gasteiger partial charge >= 0.3 is 0 Å². The number of benzene rings is 1. The Bertz CT molecular complexity index is 702. The Kier molecular flexibility index (Phi) is 3.23. The molecule has 4 nitrogen and oxygen atoms in total. The molecule has 19 heavy (non-hydrogen) atoms. The van der Waals surface area contributed by atoms with Gasteiger partial charge in [-0.1, -0.05) is 29.5 Å². The molecule has 0 aliphatic heterocycles. The van der Waals surface area contributed by atoms with Crippen LogP contribution in [0.4, 0.5) is 0 Å². The number of nitrogens with zero attached hydrogens (tertiary/aromatic N) is 3. The number of fused-ring (bicyclic) bond motifs is 1. The molecule has 5 heteroatoms. The van der Waals surface area contributed by atoms with Gasteiger partial charge in [0.15, 0.2) is 0 Å². The number of pyridine rings is 1. The molecule has 0 saturated carbocycles. The highest BCUT2D eigenvalue weighted by Crippen LogP contribution is 2.31. The molecule has 0 saturated heterocycles. The predicted molar refractivity (Wildman–Crippen MR) is 78.1 cm³/mol. The highest BCUT2D eigenvalue weighted by molar-refractivity contribution is 7.14. The van der Waals surface area contributed by atoms with Crippen molar-refractivity contribution >= 4 is 22.2 Å². The van der Waals surface area contributed by atoms with Gasteiger partial charge in [0, 0.05) is 17.1 Å². The summed E-state index contributed by atoms with van der Waals surface area (Å²) in [6.45, 7) is 2.08. The van der Waals surface area contributed by atoms with E-state index in [9.17, 15) is 0 Å². The lowest BCUT2D eigenvalue weighted by Gasteiger charge is -2.03. The Morgan fingerprint density at radius 3 is 2.84 bits per heavy atom. The fourth-order valence-corrected chi connectivity index (χ4v) is 2.87. The van der Waals surface area contributed by atoms with Gasteiger partial charge in [-0.05, 0) is 26.1 Å². The van der Waals surface area contributed by atoms with Crippen LogP contribution in [-0.2, 0) is 0 Å². The Hall–Kier alpha value is -1.85. The van der Waals surface area contributed by atoms with E-state index >= 15 is 0 Å². The number of para-hydroxylation sites is 1. The molecule has 0 aliphatic rings. The number of hydrogen-bond acceptors (Lipinski definition) is 5. The quantitative estimate of drug-likeness (QED) is 0.794. The van der Waals surface area contributed by atoms with E-state index in [0.29, 0.717) is 0 Å². The topological polar surface area (TPSA) is 50.7 Å². The zero-order valence-corrected chi connectivity index (χ0v) is 11.6. The molecule has 2 aromatic heterocycles. The van der Waals surface area contributed by atoms with Crippen molar-refractivity contribution in [1.82, 2.24) is 20.5 Å². The first-order valence-corrected chi connectivity index (χ1v) is 6.96. The van der Waals surface area contributed by atoms with Gasteiger partial charge in [-0.2, -0.15) is 0 Å². The molecule has 96 valence electrons. The Labute approximate surface area is 115 Å². The summed E-state index contributed by atoms with van der Waals surface area (Å²) in [6.07, 6.45) is 1.82. The highest BCUT2D eigenvalue weighted by atomic mass is 32.1. The van der Waals surface area contributed by atoms with Crippen LogP contribution in [0.5, 0.6) is 0 Å². The van der Waals surface area contributed by atoms with Crippen molar-refractivity contribution in [2.75, 3.05) is 7.05 Å². The van der Waals surface area contributed by atoms with Crippen molar-refractivity contribution in [3.8, 4) is 10.6 Å². The van der Waals surface area contributed by atoms with Crippen molar-refractivity contribution in [3.63, 3.8) is 0 Å². The summed E-state index contributed by atoms with van der Waals surface area (Å²) in [5, 5.41) is 14.8. The van der Waals surface area contributed by atoms with Gasteiger partial charge in [-0.25, -0.2) is 0 Å². The van der Waals surface area contributed by atoms with E-state index in [1.807, 2.05) is 37.5 Å². The van der Waals surface area contributed by atoms with Crippen LogP contribution < -0.4 is 5.32 Å². The third-order valence-electron chi connectivity index (χ3n) is 3.12. The normalized spacial score (nSPS) is 12.7. The summed E-state index contributed by atoms with van der Waals surface area (Å²) in [4.78, 5) is 4.37. The third kappa shape index (κ3) is 2.22. The fraction of sp³-hybridized carbons (Fsp3) is 0.214. The summed E-state index contributed by atoms with van der Waals surface area (Å²) in [7, 11) is 1.92. The third-order valence-corrected chi connectivity index (χ3v) is 4.26. The molecule has 1 N–H and O–H groups in total. The predicted octanol–water partition coefficient (Wildman–Crippen LogP) is 3.03. The minimum absolute atomic E-state index is 0.222. The molecule has 1 aromatic carbocycles. The van der Waals surface area contributed by atoms with Crippen LogP contribution in [-0.4, -0.2) is 22.2 Å². The van der Waals surface area contributed by atoms with Gasteiger partial charge < -0.3 is 5.32 Å². The van der Waals surface area contributed by atoms with Gasteiger partial charge in [0.1, 0.15) is 10.0 Å². The zero-order valence-electron chi connectivity index (χ0n) is 10.8. The maximum atomic E-state index is 4.37. The second-order valence-corrected chi connectivity index (χ2v) is 5.34. The number of aromatic nitrogens is 3. The van der Waals surface area contributed by atoms with Gasteiger partial charge in [0.05, 0.1) is 11.6 Å². The summed E-state index contributed by atoms with van der Waals surface area (Å²) < 4.78 is 0. The van der Waals surface area contributed by atoms with Crippen LogP contribution in [0.25, 0.3) is 21.5 Å². The summed E-state index contributed by atoms with van der Waals surface area (Å²) >= 11 is 1.62. The zero-order chi connectivity index (χ0) is 13.2. The van der Waals surface area contributed by atoms with Gasteiger partial charge in [-0.3, -0.25) is 4.98 Å². The molecule has 3 aromatic rings. The Morgan fingerprint density at radius 1 is 1.16 bits per heavy atom. The van der Waals surface area contributed by atoms with Crippen LogP contribution in [0.1, 0.15) is 18.0 Å². The van der Waals surface area contributed by atoms with Gasteiger partial charge in [-0.15, -0.1) is 10.2 Å². The van der Waals surface area contributed by atoms with Crippen molar-refractivity contribution in [2.24, 2.45) is 0 Å². The van der Waals surface area contributed by atoms with Crippen LogP contribution >= 0.6 is 11.3 Å². The van der Waals surface area contributed by atoms with E-state index in [0.717, 1.165) is 26.5 Å². The molecule has 3 rings (SSSR count). The van der Waals surface area contributed by atoms with Gasteiger partial charge in [0.25, 0.3) is 0 Å². The highest BCUT2D eigenvalue weighted by Gasteiger charge is 2.13. The molecule has 0 bridgehead atoms. The van der Waals surface area contributed by atoms with Crippen LogP contribution in [0.2, 0.25) is 0 Å². The van der Waals surface area contributed by atoms with Crippen molar-refractivity contribution < 1.29 is 0 Å². The molecule has 0 amide bonds. The number of nitrogens with one attached hydrogen (secondary N) is 1. The lowest BCUT2D eigenvalue weighted by Crippen LogP contribution is -2.11.